The quantitative estimate of drug-likeness (QED) is 0.805. The zero-order valence-electron chi connectivity index (χ0n) is 12.8. The minimum atomic E-state index is -4.58. The molecular weight excluding hydrogens is 343 g/mol. The van der Waals surface area contributed by atoms with Gasteiger partial charge >= 0.3 is 6.18 Å². The number of anilines is 1. The molecule has 24 heavy (non-hydrogen) atoms. The van der Waals surface area contributed by atoms with Gasteiger partial charge in [-0.15, -0.1) is 0 Å². The average Bonchev–Trinajstić information content (AvgIpc) is 2.47. The van der Waals surface area contributed by atoms with E-state index in [1.807, 2.05) is 0 Å². The number of nitrogens with zero attached hydrogens (tertiary/aromatic N) is 3. The zero-order chi connectivity index (χ0) is 17.5. The van der Waals surface area contributed by atoms with Gasteiger partial charge in [-0.05, 0) is 43.9 Å². The lowest BCUT2D eigenvalue weighted by Gasteiger charge is -2.46. The molecule has 0 amide bonds. The SMILES string of the molecule is NC1=NC2(CCCCC2)N(c2ccc(Cl)cc2C(F)(F)F)C(N)=N1. The van der Waals surface area contributed by atoms with E-state index in [1.165, 1.54) is 17.0 Å². The van der Waals surface area contributed by atoms with Crippen LogP contribution in [0.2, 0.25) is 5.02 Å². The first-order valence-electron chi connectivity index (χ1n) is 7.59. The van der Waals surface area contributed by atoms with Crippen molar-refractivity contribution in [2.75, 3.05) is 4.90 Å². The summed E-state index contributed by atoms with van der Waals surface area (Å²) >= 11 is 5.77. The van der Waals surface area contributed by atoms with Crippen LogP contribution in [0, 0.1) is 0 Å². The standard InChI is InChI=1S/C15H17ClF3N5/c16-9-4-5-11(10(8-9)15(17,18)19)24-13(21)22-12(20)23-14(24)6-2-1-3-7-14/h4-5,8H,1-3,6-7H2,(H4,20,21,22,23). The molecule has 1 heterocycles. The molecule has 0 unspecified atom stereocenters. The molecule has 1 aliphatic heterocycles. The van der Waals surface area contributed by atoms with Crippen molar-refractivity contribution >= 4 is 29.2 Å². The van der Waals surface area contributed by atoms with Gasteiger partial charge in [0.15, 0.2) is 0 Å². The van der Waals surface area contributed by atoms with Crippen LogP contribution in [-0.2, 0) is 6.18 Å². The highest BCUT2D eigenvalue weighted by Gasteiger charge is 2.46. The van der Waals surface area contributed by atoms with Gasteiger partial charge in [-0.1, -0.05) is 18.0 Å². The Kier molecular flexibility index (Phi) is 4.11. The number of halogens is 4. The Labute approximate surface area is 142 Å². The molecule has 5 nitrogen and oxygen atoms in total. The third-order valence-electron chi connectivity index (χ3n) is 4.36. The summed E-state index contributed by atoms with van der Waals surface area (Å²) in [4.78, 5) is 9.63. The molecule has 1 saturated carbocycles. The van der Waals surface area contributed by atoms with Crippen LogP contribution in [0.5, 0.6) is 0 Å². The van der Waals surface area contributed by atoms with Gasteiger partial charge in [0.25, 0.3) is 0 Å². The molecule has 1 fully saturated rings. The van der Waals surface area contributed by atoms with Gasteiger partial charge < -0.3 is 11.5 Å². The second-order valence-electron chi connectivity index (χ2n) is 5.98. The molecule has 1 aromatic rings. The largest absolute Gasteiger partial charge is 0.418 e. The topological polar surface area (TPSA) is 80.0 Å². The molecule has 0 bridgehead atoms. The van der Waals surface area contributed by atoms with E-state index in [0.717, 1.165) is 25.3 Å². The number of hydrogen-bond acceptors (Lipinski definition) is 5. The third-order valence-corrected chi connectivity index (χ3v) is 4.59. The van der Waals surface area contributed by atoms with E-state index >= 15 is 0 Å². The van der Waals surface area contributed by atoms with Crippen LogP contribution in [0.25, 0.3) is 0 Å². The molecule has 0 radical (unpaired) electrons. The molecule has 9 heteroatoms. The lowest BCUT2D eigenvalue weighted by Crippen LogP contribution is -2.58. The summed E-state index contributed by atoms with van der Waals surface area (Å²) in [5.41, 5.74) is 9.80. The monoisotopic (exact) mass is 359 g/mol. The van der Waals surface area contributed by atoms with E-state index in [-0.39, 0.29) is 22.6 Å². The molecule has 130 valence electrons. The molecule has 1 spiro atoms. The van der Waals surface area contributed by atoms with Gasteiger partial charge in [-0.2, -0.15) is 18.2 Å². The minimum absolute atomic E-state index is 0.000644. The number of alkyl halides is 3. The number of guanidine groups is 2. The fourth-order valence-electron chi connectivity index (χ4n) is 3.40. The van der Waals surface area contributed by atoms with E-state index in [1.54, 1.807) is 0 Å². The van der Waals surface area contributed by atoms with Gasteiger partial charge in [-0.25, -0.2) is 4.99 Å². The minimum Gasteiger partial charge on any atom is -0.369 e. The van der Waals surface area contributed by atoms with Crippen LogP contribution in [0.3, 0.4) is 0 Å². The maximum atomic E-state index is 13.5. The summed E-state index contributed by atoms with van der Waals surface area (Å²) in [7, 11) is 0. The zero-order valence-corrected chi connectivity index (χ0v) is 13.5. The highest BCUT2D eigenvalue weighted by molar-refractivity contribution is 6.30. The first-order valence-corrected chi connectivity index (χ1v) is 7.97. The molecule has 4 N–H and O–H groups in total. The fourth-order valence-corrected chi connectivity index (χ4v) is 3.57. The summed E-state index contributed by atoms with van der Waals surface area (Å²) < 4.78 is 40.5. The van der Waals surface area contributed by atoms with E-state index in [9.17, 15) is 13.2 Å². The predicted molar refractivity (Wildman–Crippen MR) is 88.0 cm³/mol. The van der Waals surface area contributed by atoms with Crippen molar-refractivity contribution in [3.05, 3.63) is 28.8 Å². The van der Waals surface area contributed by atoms with E-state index in [2.05, 4.69) is 9.98 Å². The van der Waals surface area contributed by atoms with Gasteiger partial charge in [-0.3, -0.25) is 4.90 Å². The average molecular weight is 360 g/mol. The summed E-state index contributed by atoms with van der Waals surface area (Å²) in [6.07, 6.45) is -0.809. The molecule has 2 aliphatic rings. The molecule has 1 aromatic carbocycles. The Balaban J connectivity index is 2.18. The Morgan fingerprint density at radius 3 is 2.42 bits per heavy atom. The van der Waals surface area contributed by atoms with Crippen molar-refractivity contribution in [3.63, 3.8) is 0 Å². The maximum Gasteiger partial charge on any atom is 0.418 e. The van der Waals surface area contributed by atoms with Crippen LogP contribution in [0.15, 0.2) is 28.2 Å². The van der Waals surface area contributed by atoms with Crippen molar-refractivity contribution < 1.29 is 13.2 Å². The Hall–Kier alpha value is -1.96. The predicted octanol–water partition coefficient (Wildman–Crippen LogP) is 3.47. The number of rotatable bonds is 1. The van der Waals surface area contributed by atoms with E-state index in [0.29, 0.717) is 12.8 Å². The van der Waals surface area contributed by atoms with Crippen LogP contribution < -0.4 is 16.4 Å². The Bertz CT molecular complexity index is 708. The van der Waals surface area contributed by atoms with Crippen LogP contribution in [0.4, 0.5) is 18.9 Å². The second kappa shape index (κ2) is 5.84. The van der Waals surface area contributed by atoms with Crippen molar-refractivity contribution in [2.45, 2.75) is 43.9 Å². The molecule has 1 aliphatic carbocycles. The third kappa shape index (κ3) is 2.90. The Morgan fingerprint density at radius 1 is 1.12 bits per heavy atom. The summed E-state index contributed by atoms with van der Waals surface area (Å²) in [5, 5.41) is -0.000644. The summed E-state index contributed by atoms with van der Waals surface area (Å²) in [5.74, 6) is -0.0922. The number of nitrogens with two attached hydrogens (primary N) is 2. The number of hydrogen-bond donors (Lipinski definition) is 2. The van der Waals surface area contributed by atoms with Crippen molar-refractivity contribution in [1.82, 2.24) is 0 Å². The number of benzene rings is 1. The highest BCUT2D eigenvalue weighted by atomic mass is 35.5. The van der Waals surface area contributed by atoms with Gasteiger partial charge in [0.1, 0.15) is 5.66 Å². The first-order chi connectivity index (χ1) is 11.2. The smallest absolute Gasteiger partial charge is 0.369 e. The van der Waals surface area contributed by atoms with Crippen molar-refractivity contribution in [1.29, 1.82) is 0 Å². The first kappa shape index (κ1) is 16.9. The van der Waals surface area contributed by atoms with Gasteiger partial charge in [0.05, 0.1) is 11.3 Å². The van der Waals surface area contributed by atoms with E-state index in [4.69, 9.17) is 23.1 Å². The Morgan fingerprint density at radius 2 is 1.79 bits per heavy atom. The molecule has 0 aromatic heterocycles. The molecule has 0 atom stereocenters. The number of aliphatic imine (C=N–C) groups is 2. The van der Waals surface area contributed by atoms with E-state index < -0.39 is 17.4 Å². The maximum absolute atomic E-state index is 13.5. The summed E-state index contributed by atoms with van der Waals surface area (Å²) in [6, 6.07) is 3.60. The normalized spacial score (nSPS) is 20.8. The van der Waals surface area contributed by atoms with Crippen molar-refractivity contribution in [2.24, 2.45) is 21.5 Å². The fraction of sp³-hybridized carbons (Fsp3) is 0.467. The molecule has 0 saturated heterocycles. The lowest BCUT2D eigenvalue weighted by molar-refractivity contribution is -0.137. The van der Waals surface area contributed by atoms with Crippen LogP contribution in [0.1, 0.15) is 37.7 Å². The van der Waals surface area contributed by atoms with Gasteiger partial charge in [0, 0.05) is 5.02 Å². The van der Waals surface area contributed by atoms with Crippen molar-refractivity contribution in [3.8, 4) is 0 Å². The van der Waals surface area contributed by atoms with Gasteiger partial charge in [0.2, 0.25) is 11.9 Å². The molecular formula is C15H17ClF3N5. The lowest BCUT2D eigenvalue weighted by atomic mass is 9.87. The highest BCUT2D eigenvalue weighted by Crippen LogP contribution is 2.44. The van der Waals surface area contributed by atoms with Crippen LogP contribution >= 0.6 is 11.6 Å². The van der Waals surface area contributed by atoms with Crippen LogP contribution in [-0.4, -0.2) is 17.6 Å². The molecule has 3 rings (SSSR count). The second-order valence-corrected chi connectivity index (χ2v) is 6.41. The summed E-state index contributed by atoms with van der Waals surface area (Å²) in [6.45, 7) is 0.